The summed E-state index contributed by atoms with van der Waals surface area (Å²) in [5, 5.41) is 13.7. The topological polar surface area (TPSA) is 101 Å². The van der Waals surface area contributed by atoms with E-state index in [1.54, 1.807) is 42.5 Å². The third-order valence-electron chi connectivity index (χ3n) is 4.63. The van der Waals surface area contributed by atoms with Crippen LogP contribution in [-0.4, -0.2) is 23.2 Å². The van der Waals surface area contributed by atoms with Crippen LogP contribution in [0.2, 0.25) is 0 Å². The van der Waals surface area contributed by atoms with Crippen molar-refractivity contribution in [3.8, 4) is 5.75 Å². The van der Waals surface area contributed by atoms with Crippen LogP contribution in [0.15, 0.2) is 85.2 Å². The van der Waals surface area contributed by atoms with Crippen LogP contribution in [0, 0.1) is 0 Å². The average molecular weight is 572 g/mol. The second kappa shape index (κ2) is 10.0. The van der Waals surface area contributed by atoms with Crippen molar-refractivity contribution in [2.45, 2.75) is 6.61 Å². The third kappa shape index (κ3) is 5.68. The Hall–Kier alpha value is -3.43. The zero-order chi connectivity index (χ0) is 23.4. The summed E-state index contributed by atoms with van der Waals surface area (Å²) < 4.78 is 12.9. The van der Waals surface area contributed by atoms with Crippen molar-refractivity contribution in [2.75, 3.05) is 0 Å². The molecule has 0 aliphatic rings. The molecule has 0 aliphatic carbocycles. The molecular weight excluding hydrogens is 556 g/mol. The number of aromatic carboxylic acids is 1. The molecule has 0 aliphatic heterocycles. The molecule has 4 aromatic rings. The molecule has 0 fully saturated rings. The number of carboxylic acids is 1. The van der Waals surface area contributed by atoms with Crippen LogP contribution < -0.4 is 10.2 Å². The number of carboxylic acid groups (broad SMARTS) is 1. The van der Waals surface area contributed by atoms with Crippen molar-refractivity contribution >= 4 is 60.9 Å². The predicted octanol–water partition coefficient (Wildman–Crippen LogP) is 6.00. The van der Waals surface area contributed by atoms with Crippen molar-refractivity contribution in [3.05, 3.63) is 98.1 Å². The lowest BCUT2D eigenvalue weighted by Crippen LogP contribution is -2.16. The normalized spacial score (nSPS) is 11.1. The van der Waals surface area contributed by atoms with E-state index in [2.05, 4.69) is 42.4 Å². The molecule has 7 nitrogen and oxygen atoms in total. The minimum atomic E-state index is -0.963. The maximum atomic E-state index is 12.3. The van der Waals surface area contributed by atoms with Gasteiger partial charge < -0.3 is 14.3 Å². The van der Waals surface area contributed by atoms with E-state index in [1.807, 2.05) is 12.1 Å². The lowest BCUT2D eigenvalue weighted by Gasteiger charge is -2.07. The Balaban J connectivity index is 1.32. The second-order valence-corrected chi connectivity index (χ2v) is 8.75. The molecule has 9 heteroatoms. The van der Waals surface area contributed by atoms with Gasteiger partial charge in [0.25, 0.3) is 0 Å². The molecule has 0 unspecified atom stereocenters. The smallest absolute Gasteiger partial charge is 0.335 e. The first-order chi connectivity index (χ1) is 15.9. The number of benzene rings is 3. The van der Waals surface area contributed by atoms with Gasteiger partial charge in [-0.2, -0.15) is 5.10 Å². The number of ether oxygens (including phenoxy) is 1. The van der Waals surface area contributed by atoms with Crippen LogP contribution in [0.5, 0.6) is 5.75 Å². The molecule has 0 spiro atoms. The van der Waals surface area contributed by atoms with E-state index in [0.717, 1.165) is 25.5 Å². The molecule has 166 valence electrons. The van der Waals surface area contributed by atoms with E-state index in [9.17, 15) is 9.59 Å². The Bertz CT molecular complexity index is 1350. The second-order valence-electron chi connectivity index (χ2n) is 6.98. The zero-order valence-corrected chi connectivity index (χ0v) is 20.1. The van der Waals surface area contributed by atoms with Gasteiger partial charge in [-0.05, 0) is 81.7 Å². The number of hydrogen-bond donors (Lipinski definition) is 2. The summed E-state index contributed by atoms with van der Waals surface area (Å²) in [7, 11) is 0. The molecule has 0 saturated carbocycles. The van der Waals surface area contributed by atoms with Gasteiger partial charge in [0, 0.05) is 9.86 Å². The van der Waals surface area contributed by atoms with Gasteiger partial charge in [0.15, 0.2) is 5.76 Å². The first kappa shape index (κ1) is 22.8. The lowest BCUT2D eigenvalue weighted by atomic mass is 10.1. The molecule has 1 aromatic heterocycles. The number of hydrogen-bond acceptors (Lipinski definition) is 5. The number of hydrazone groups is 1. The van der Waals surface area contributed by atoms with Crippen LogP contribution in [0.3, 0.4) is 0 Å². The van der Waals surface area contributed by atoms with Crippen LogP contribution in [-0.2, 0) is 6.61 Å². The molecule has 2 N–H and O–H groups in total. The van der Waals surface area contributed by atoms with Crippen molar-refractivity contribution in [1.82, 2.24) is 5.43 Å². The van der Waals surface area contributed by atoms with Crippen molar-refractivity contribution in [3.63, 3.8) is 0 Å². The number of carbonyl (C=O) groups excluding carboxylic acids is 1. The number of rotatable bonds is 7. The van der Waals surface area contributed by atoms with Crippen molar-refractivity contribution in [1.29, 1.82) is 0 Å². The summed E-state index contributed by atoms with van der Waals surface area (Å²) >= 11 is 6.82. The van der Waals surface area contributed by atoms with Crippen molar-refractivity contribution in [2.24, 2.45) is 5.10 Å². The third-order valence-corrected chi connectivity index (χ3v) is 5.67. The van der Waals surface area contributed by atoms with Gasteiger partial charge in [-0.1, -0.05) is 28.1 Å². The van der Waals surface area contributed by atoms with Gasteiger partial charge in [0.1, 0.15) is 17.9 Å². The Labute approximate surface area is 205 Å². The van der Waals surface area contributed by atoms with Crippen molar-refractivity contribution < 1.29 is 23.8 Å². The molecule has 1 amide bonds. The highest BCUT2D eigenvalue weighted by Crippen LogP contribution is 2.31. The van der Waals surface area contributed by atoms with Gasteiger partial charge >= 0.3 is 11.9 Å². The van der Waals surface area contributed by atoms with E-state index < -0.39 is 11.9 Å². The predicted molar refractivity (Wildman–Crippen MR) is 131 cm³/mol. The summed E-state index contributed by atoms with van der Waals surface area (Å²) in [4.78, 5) is 23.2. The molecular formula is C24H16Br2N2O5. The fourth-order valence-electron chi connectivity index (χ4n) is 2.97. The number of nitrogens with zero attached hydrogens (tertiary/aromatic N) is 1. The largest absolute Gasteiger partial charge is 0.489 e. The fraction of sp³-hybridized carbons (Fsp3) is 0.0417. The number of halogens is 2. The minimum absolute atomic E-state index is 0.154. The van der Waals surface area contributed by atoms with Gasteiger partial charge in [-0.15, -0.1) is 0 Å². The summed E-state index contributed by atoms with van der Waals surface area (Å²) in [6, 6.07) is 19.0. The fourth-order valence-corrected chi connectivity index (χ4v) is 4.31. The van der Waals surface area contributed by atoms with E-state index in [4.69, 9.17) is 14.3 Å². The molecule has 3 aromatic carbocycles. The number of amides is 1. The first-order valence-electron chi connectivity index (χ1n) is 9.66. The number of carbonyl (C=O) groups is 2. The summed E-state index contributed by atoms with van der Waals surface area (Å²) in [6.07, 6.45) is 1.52. The highest BCUT2D eigenvalue weighted by atomic mass is 79.9. The van der Waals surface area contributed by atoms with Gasteiger partial charge in [-0.25, -0.2) is 10.2 Å². The molecule has 33 heavy (non-hydrogen) atoms. The zero-order valence-electron chi connectivity index (χ0n) is 16.9. The summed E-state index contributed by atoms with van der Waals surface area (Å²) in [5.74, 6) is -0.618. The van der Waals surface area contributed by atoms with Crippen LogP contribution >= 0.6 is 31.9 Å². The van der Waals surface area contributed by atoms with Gasteiger partial charge in [-0.3, -0.25) is 4.79 Å². The molecule has 0 bridgehead atoms. The van der Waals surface area contributed by atoms with E-state index in [1.165, 1.54) is 18.3 Å². The number of furan rings is 1. The van der Waals surface area contributed by atoms with E-state index in [0.29, 0.717) is 17.9 Å². The van der Waals surface area contributed by atoms with E-state index in [-0.39, 0.29) is 11.3 Å². The molecule has 0 radical (unpaired) electrons. The average Bonchev–Trinajstić information content (AvgIpc) is 3.23. The van der Waals surface area contributed by atoms with Crippen LogP contribution in [0.25, 0.3) is 11.0 Å². The maximum absolute atomic E-state index is 12.3. The summed E-state index contributed by atoms with van der Waals surface area (Å²) in [6.45, 7) is 0.313. The SMILES string of the molecule is O=C(O)c1ccc(COc2ccc(/C=N\NC(=O)c3cc4cc(Br)cc(Br)c4o3)cc2)cc1. The monoisotopic (exact) mass is 570 g/mol. The summed E-state index contributed by atoms with van der Waals surface area (Å²) in [5.41, 5.74) is 4.90. The van der Waals surface area contributed by atoms with Crippen LogP contribution in [0.4, 0.5) is 0 Å². The highest BCUT2D eigenvalue weighted by Gasteiger charge is 2.14. The Morgan fingerprint density at radius 2 is 1.76 bits per heavy atom. The lowest BCUT2D eigenvalue weighted by molar-refractivity contribution is 0.0696. The molecule has 1 heterocycles. The van der Waals surface area contributed by atoms with E-state index >= 15 is 0 Å². The Kier molecular flexibility index (Phi) is 6.90. The standard InChI is InChI=1S/C24H16Br2N2O5/c25-18-9-17-10-21(33-22(17)20(26)11-18)23(29)28-27-12-14-3-7-19(8-4-14)32-13-15-1-5-16(6-2-15)24(30)31/h1-12H,13H2,(H,28,29)(H,30,31)/b27-12-. The maximum Gasteiger partial charge on any atom is 0.335 e. The molecule has 0 saturated heterocycles. The Morgan fingerprint density at radius 3 is 2.45 bits per heavy atom. The van der Waals surface area contributed by atoms with Gasteiger partial charge in [0.2, 0.25) is 0 Å². The number of nitrogens with one attached hydrogen (secondary N) is 1. The quantitative estimate of drug-likeness (QED) is 0.209. The highest BCUT2D eigenvalue weighted by molar-refractivity contribution is 9.11. The minimum Gasteiger partial charge on any atom is -0.489 e. The van der Waals surface area contributed by atoms with Crippen LogP contribution in [0.1, 0.15) is 32.0 Å². The molecule has 4 rings (SSSR count). The van der Waals surface area contributed by atoms with Gasteiger partial charge in [0.05, 0.1) is 16.3 Å². The molecule has 0 atom stereocenters. The first-order valence-corrected chi connectivity index (χ1v) is 11.2. The number of fused-ring (bicyclic) bond motifs is 1. The Morgan fingerprint density at radius 1 is 1.03 bits per heavy atom.